The van der Waals surface area contributed by atoms with Gasteiger partial charge in [-0.15, -0.1) is 0 Å². The van der Waals surface area contributed by atoms with E-state index >= 15 is 0 Å². The first-order valence-corrected chi connectivity index (χ1v) is 5.95. The molecule has 0 aliphatic carbocycles. The molecule has 1 aliphatic rings. The highest BCUT2D eigenvalue weighted by Crippen LogP contribution is 2.33. The molecule has 1 saturated heterocycles. The highest BCUT2D eigenvalue weighted by Gasteiger charge is 2.32. The van der Waals surface area contributed by atoms with E-state index in [2.05, 4.69) is 0 Å². The monoisotopic (exact) mass is 241 g/mol. The summed E-state index contributed by atoms with van der Waals surface area (Å²) in [5.41, 5.74) is 6.60. The molecule has 3 atom stereocenters. The third kappa shape index (κ3) is 2.64. The molecule has 0 radical (unpaired) electrons. The summed E-state index contributed by atoms with van der Waals surface area (Å²) in [5.74, 6) is -1.02. The van der Waals surface area contributed by atoms with Gasteiger partial charge in [0.25, 0.3) is 0 Å². The van der Waals surface area contributed by atoms with Crippen LogP contribution in [0.3, 0.4) is 0 Å². The lowest BCUT2D eigenvalue weighted by Gasteiger charge is -2.24. The van der Waals surface area contributed by atoms with Crippen LogP contribution in [0.4, 0.5) is 8.78 Å². The fourth-order valence-electron chi connectivity index (χ4n) is 2.51. The van der Waals surface area contributed by atoms with E-state index in [-0.39, 0.29) is 18.1 Å². The molecule has 1 heterocycles. The summed E-state index contributed by atoms with van der Waals surface area (Å²) in [6, 6.07) is 3.10. The minimum Gasteiger partial charge on any atom is -0.378 e. The van der Waals surface area contributed by atoms with Crippen LogP contribution in [-0.4, -0.2) is 12.7 Å². The summed E-state index contributed by atoms with van der Waals surface area (Å²) in [4.78, 5) is 0. The highest BCUT2D eigenvalue weighted by atomic mass is 19.1. The number of rotatable bonds is 3. The average molecular weight is 241 g/mol. The largest absolute Gasteiger partial charge is 0.378 e. The molecule has 0 amide bonds. The van der Waals surface area contributed by atoms with Crippen LogP contribution in [0.25, 0.3) is 0 Å². The molecule has 4 heteroatoms. The molecule has 17 heavy (non-hydrogen) atoms. The van der Waals surface area contributed by atoms with Crippen molar-refractivity contribution in [1.29, 1.82) is 0 Å². The number of halogens is 2. The van der Waals surface area contributed by atoms with Crippen LogP contribution in [0.5, 0.6) is 0 Å². The first kappa shape index (κ1) is 12.5. The fourth-order valence-corrected chi connectivity index (χ4v) is 2.51. The van der Waals surface area contributed by atoms with Gasteiger partial charge < -0.3 is 10.5 Å². The van der Waals surface area contributed by atoms with Crippen LogP contribution in [-0.2, 0) is 4.74 Å². The van der Waals surface area contributed by atoms with E-state index in [0.29, 0.717) is 12.2 Å². The van der Waals surface area contributed by atoms with Crippen molar-refractivity contribution in [1.82, 2.24) is 0 Å². The van der Waals surface area contributed by atoms with Crippen LogP contribution >= 0.6 is 0 Å². The Hall–Kier alpha value is -1.00. The standard InChI is InChI=1S/C13H17F2NO/c1-2-12-11(3-4-17-12)13(16)8-5-9(14)7-10(15)6-8/h5-7,11-13H,2-4,16H2,1H3. The van der Waals surface area contributed by atoms with Crippen LogP contribution < -0.4 is 5.73 Å². The van der Waals surface area contributed by atoms with Gasteiger partial charge in [0.2, 0.25) is 0 Å². The normalized spacial score (nSPS) is 26.1. The SMILES string of the molecule is CCC1OCCC1C(N)c1cc(F)cc(F)c1. The molecule has 1 aromatic rings. The van der Waals surface area contributed by atoms with Gasteiger partial charge in [0, 0.05) is 24.6 Å². The molecule has 1 aliphatic heterocycles. The third-order valence-electron chi connectivity index (χ3n) is 3.39. The molecule has 0 saturated carbocycles. The van der Waals surface area contributed by atoms with Crippen molar-refractivity contribution in [2.24, 2.45) is 11.7 Å². The van der Waals surface area contributed by atoms with Crippen molar-refractivity contribution < 1.29 is 13.5 Å². The molecule has 94 valence electrons. The highest BCUT2D eigenvalue weighted by molar-refractivity contribution is 5.22. The van der Waals surface area contributed by atoms with Crippen molar-refractivity contribution >= 4 is 0 Å². The Kier molecular flexibility index (Phi) is 3.74. The Morgan fingerprint density at radius 3 is 2.59 bits per heavy atom. The molecular weight excluding hydrogens is 224 g/mol. The quantitative estimate of drug-likeness (QED) is 0.883. The van der Waals surface area contributed by atoms with E-state index in [0.717, 1.165) is 18.9 Å². The zero-order chi connectivity index (χ0) is 12.4. The summed E-state index contributed by atoms with van der Waals surface area (Å²) < 4.78 is 31.8. The second-order valence-corrected chi connectivity index (χ2v) is 4.50. The van der Waals surface area contributed by atoms with Gasteiger partial charge in [0.1, 0.15) is 11.6 Å². The summed E-state index contributed by atoms with van der Waals surface area (Å²) >= 11 is 0. The van der Waals surface area contributed by atoms with Crippen molar-refractivity contribution in [2.75, 3.05) is 6.61 Å². The molecule has 1 fully saturated rings. The maximum absolute atomic E-state index is 13.1. The van der Waals surface area contributed by atoms with Gasteiger partial charge >= 0.3 is 0 Å². The predicted molar refractivity (Wildman–Crippen MR) is 61.4 cm³/mol. The van der Waals surface area contributed by atoms with E-state index in [9.17, 15) is 8.78 Å². The Morgan fingerprint density at radius 2 is 2.00 bits per heavy atom. The van der Waals surface area contributed by atoms with Crippen molar-refractivity contribution in [3.05, 3.63) is 35.4 Å². The molecule has 3 unspecified atom stereocenters. The van der Waals surface area contributed by atoms with Gasteiger partial charge in [0.15, 0.2) is 0 Å². The van der Waals surface area contributed by atoms with E-state index in [1.165, 1.54) is 12.1 Å². The van der Waals surface area contributed by atoms with Crippen LogP contribution in [0.15, 0.2) is 18.2 Å². The lowest BCUT2D eigenvalue weighted by atomic mass is 9.87. The molecule has 1 aromatic carbocycles. The fraction of sp³-hybridized carbons (Fsp3) is 0.538. The Labute approximate surface area is 99.8 Å². The molecule has 0 spiro atoms. The number of hydrogen-bond acceptors (Lipinski definition) is 2. The molecule has 0 aromatic heterocycles. The molecule has 2 nitrogen and oxygen atoms in total. The average Bonchev–Trinajstić information content (AvgIpc) is 2.74. The second-order valence-electron chi connectivity index (χ2n) is 4.50. The minimum absolute atomic E-state index is 0.0938. The predicted octanol–water partition coefficient (Wildman–Crippen LogP) is 2.78. The number of hydrogen-bond donors (Lipinski definition) is 1. The van der Waals surface area contributed by atoms with Gasteiger partial charge in [-0.05, 0) is 30.5 Å². The third-order valence-corrected chi connectivity index (χ3v) is 3.39. The van der Waals surface area contributed by atoms with E-state index in [1.807, 2.05) is 6.92 Å². The molecular formula is C13H17F2NO. The lowest BCUT2D eigenvalue weighted by molar-refractivity contribution is 0.0813. The maximum Gasteiger partial charge on any atom is 0.126 e. The summed E-state index contributed by atoms with van der Waals surface area (Å²) in [7, 11) is 0. The summed E-state index contributed by atoms with van der Waals surface area (Å²) in [6.45, 7) is 2.70. The van der Waals surface area contributed by atoms with Gasteiger partial charge in [-0.2, -0.15) is 0 Å². The smallest absolute Gasteiger partial charge is 0.126 e. The topological polar surface area (TPSA) is 35.2 Å². The van der Waals surface area contributed by atoms with Crippen LogP contribution in [0.2, 0.25) is 0 Å². The summed E-state index contributed by atoms with van der Waals surface area (Å²) in [5, 5.41) is 0. The van der Waals surface area contributed by atoms with Crippen molar-refractivity contribution in [3.8, 4) is 0 Å². The Balaban J connectivity index is 2.21. The van der Waals surface area contributed by atoms with E-state index < -0.39 is 11.6 Å². The molecule has 2 N–H and O–H groups in total. The zero-order valence-corrected chi connectivity index (χ0v) is 9.83. The Bertz CT molecular complexity index is 377. The second kappa shape index (κ2) is 5.10. The van der Waals surface area contributed by atoms with E-state index in [4.69, 9.17) is 10.5 Å². The number of nitrogens with two attached hydrogens (primary N) is 1. The first-order chi connectivity index (χ1) is 8.11. The summed E-state index contributed by atoms with van der Waals surface area (Å²) in [6.07, 6.45) is 1.81. The van der Waals surface area contributed by atoms with Gasteiger partial charge in [-0.25, -0.2) is 8.78 Å². The van der Waals surface area contributed by atoms with Crippen LogP contribution in [0.1, 0.15) is 31.4 Å². The minimum atomic E-state index is -0.581. The van der Waals surface area contributed by atoms with Crippen LogP contribution in [0, 0.1) is 17.6 Å². The first-order valence-electron chi connectivity index (χ1n) is 5.95. The molecule has 0 bridgehead atoms. The Morgan fingerprint density at radius 1 is 1.35 bits per heavy atom. The number of ether oxygens (including phenoxy) is 1. The maximum atomic E-state index is 13.1. The molecule has 2 rings (SSSR count). The van der Waals surface area contributed by atoms with Gasteiger partial charge in [-0.1, -0.05) is 6.92 Å². The van der Waals surface area contributed by atoms with Gasteiger partial charge in [0.05, 0.1) is 6.10 Å². The number of benzene rings is 1. The van der Waals surface area contributed by atoms with Crippen molar-refractivity contribution in [3.63, 3.8) is 0 Å². The van der Waals surface area contributed by atoms with Gasteiger partial charge in [-0.3, -0.25) is 0 Å². The lowest BCUT2D eigenvalue weighted by Crippen LogP contribution is -2.28. The zero-order valence-electron chi connectivity index (χ0n) is 9.83. The van der Waals surface area contributed by atoms with Crippen molar-refractivity contribution in [2.45, 2.75) is 31.9 Å². The van der Waals surface area contributed by atoms with E-state index in [1.54, 1.807) is 0 Å².